The van der Waals surface area contributed by atoms with Gasteiger partial charge in [0.05, 0.1) is 0 Å². The molecule has 0 atom stereocenters. The van der Waals surface area contributed by atoms with E-state index in [1.54, 1.807) is 0 Å². The van der Waals surface area contributed by atoms with Crippen molar-refractivity contribution in [1.82, 2.24) is 0 Å². The van der Waals surface area contributed by atoms with Gasteiger partial charge < -0.3 is 0 Å². The molecule has 0 N–H and O–H groups in total. The summed E-state index contributed by atoms with van der Waals surface area (Å²) in [5, 5.41) is 7.44. The summed E-state index contributed by atoms with van der Waals surface area (Å²) >= 11 is 0. The maximum Gasteiger partial charge on any atom is -0.00201 e. The molecule has 2 radical (unpaired) electrons. The van der Waals surface area contributed by atoms with E-state index in [0.29, 0.717) is 0 Å². The van der Waals surface area contributed by atoms with E-state index < -0.39 is 0 Å². The van der Waals surface area contributed by atoms with Gasteiger partial charge >= 0.3 is 0 Å². The van der Waals surface area contributed by atoms with Gasteiger partial charge in [-0.3, -0.25) is 0 Å². The molecule has 4 rings (SSSR count). The Morgan fingerprint density at radius 3 is 2.61 bits per heavy atom. The molecule has 0 unspecified atom stereocenters. The van der Waals surface area contributed by atoms with Crippen molar-refractivity contribution in [2.45, 2.75) is 0 Å². The highest BCUT2D eigenvalue weighted by Crippen LogP contribution is 2.30. The largest absolute Gasteiger partial charge is 0.0616 e. The van der Waals surface area contributed by atoms with E-state index in [1.165, 1.54) is 32.3 Å². The van der Waals surface area contributed by atoms with E-state index in [1.807, 2.05) is 6.07 Å². The molecule has 0 saturated carbocycles. The molecule has 0 spiro atoms. The Morgan fingerprint density at radius 2 is 1.61 bits per heavy atom. The van der Waals surface area contributed by atoms with Crippen molar-refractivity contribution in [2.24, 2.45) is 0 Å². The lowest BCUT2D eigenvalue weighted by Crippen LogP contribution is -1.80. The highest BCUT2D eigenvalue weighted by molar-refractivity contribution is 6.16. The Labute approximate surface area is 105 Å². The average Bonchev–Trinajstić information content (AvgIpc) is 2.46. The maximum atomic E-state index is 3.42. The summed E-state index contributed by atoms with van der Waals surface area (Å²) in [5.41, 5.74) is 0. The Kier molecular flexibility index (Phi) is 1.92. The molecule has 0 aliphatic heterocycles. The normalized spacial score (nSPS) is 11.3. The van der Waals surface area contributed by atoms with Gasteiger partial charge in [-0.05, 0) is 56.6 Å². The lowest BCUT2D eigenvalue weighted by molar-refractivity contribution is 1.76. The lowest BCUT2D eigenvalue weighted by Gasteiger charge is -2.06. The van der Waals surface area contributed by atoms with Gasteiger partial charge in [0, 0.05) is 0 Å². The van der Waals surface area contributed by atoms with Crippen LogP contribution >= 0.6 is 0 Å². The van der Waals surface area contributed by atoms with Crippen molar-refractivity contribution < 1.29 is 0 Å². The summed E-state index contributed by atoms with van der Waals surface area (Å²) in [5.74, 6) is 0. The van der Waals surface area contributed by atoms with Crippen LogP contribution < -0.4 is 0 Å². The first-order chi connectivity index (χ1) is 8.93. The Morgan fingerprint density at radius 1 is 0.667 bits per heavy atom. The van der Waals surface area contributed by atoms with Crippen LogP contribution in [0.1, 0.15) is 0 Å². The number of hydrogen-bond acceptors (Lipinski definition) is 0. The fourth-order valence-corrected chi connectivity index (χ4v) is 2.60. The van der Waals surface area contributed by atoms with Gasteiger partial charge in [0.25, 0.3) is 0 Å². The predicted molar refractivity (Wildman–Crippen MR) is 76.6 cm³/mol. The Bertz CT molecular complexity index is 797. The Balaban J connectivity index is 2.31. The molecule has 0 fully saturated rings. The lowest BCUT2D eigenvalue weighted by atomic mass is 9.97. The zero-order valence-electron chi connectivity index (χ0n) is 9.77. The van der Waals surface area contributed by atoms with Crippen LogP contribution in [-0.4, -0.2) is 0 Å². The zero-order chi connectivity index (χ0) is 11.9. The smallest absolute Gasteiger partial charge is 0.00201 e. The van der Waals surface area contributed by atoms with Crippen LogP contribution in [-0.2, 0) is 0 Å². The molecule has 0 heteroatoms. The standard InChI is InChI=1S/C18H10/c1-3-7-15-13(5-1)9-11-18-16-8-4-2-6-14(16)10-12-17(15)18/h1-3,5-11H. The van der Waals surface area contributed by atoms with Crippen molar-refractivity contribution in [3.63, 3.8) is 0 Å². The molecule has 18 heavy (non-hydrogen) atoms. The predicted octanol–water partition coefficient (Wildman–Crippen LogP) is 4.75. The molecule has 0 heterocycles. The number of fused-ring (bicyclic) bond motifs is 5. The highest BCUT2D eigenvalue weighted by atomic mass is 14.1. The molecule has 0 aliphatic rings. The first-order valence-electron chi connectivity index (χ1n) is 6.05. The van der Waals surface area contributed by atoms with Crippen molar-refractivity contribution >= 4 is 32.3 Å². The second kappa shape index (κ2) is 3.58. The first-order valence-corrected chi connectivity index (χ1v) is 6.05. The van der Waals surface area contributed by atoms with Gasteiger partial charge in [-0.25, -0.2) is 0 Å². The third-order valence-corrected chi connectivity index (χ3v) is 3.49. The van der Waals surface area contributed by atoms with Gasteiger partial charge in [0.1, 0.15) is 0 Å². The minimum atomic E-state index is 1.19. The molecule has 82 valence electrons. The van der Waals surface area contributed by atoms with Crippen LogP contribution in [0.25, 0.3) is 32.3 Å². The molecular formula is C18H10. The molecule has 0 aromatic heterocycles. The minimum absolute atomic E-state index is 1.19. The van der Waals surface area contributed by atoms with Crippen LogP contribution in [0.2, 0.25) is 0 Å². The zero-order valence-corrected chi connectivity index (χ0v) is 9.77. The summed E-state index contributed by atoms with van der Waals surface area (Å²) in [7, 11) is 0. The summed E-state index contributed by atoms with van der Waals surface area (Å²) in [6.07, 6.45) is 0. The van der Waals surface area contributed by atoms with Crippen LogP contribution in [0.15, 0.2) is 60.7 Å². The van der Waals surface area contributed by atoms with E-state index in [9.17, 15) is 0 Å². The van der Waals surface area contributed by atoms with Gasteiger partial charge in [0.2, 0.25) is 0 Å². The van der Waals surface area contributed by atoms with Crippen LogP contribution in [0.5, 0.6) is 0 Å². The van der Waals surface area contributed by atoms with Crippen molar-refractivity contribution in [3.05, 3.63) is 72.8 Å². The van der Waals surface area contributed by atoms with Crippen molar-refractivity contribution in [2.75, 3.05) is 0 Å². The van der Waals surface area contributed by atoms with Crippen LogP contribution in [0, 0.1) is 12.1 Å². The summed E-state index contributed by atoms with van der Waals surface area (Å²) in [6.45, 7) is 0. The third-order valence-electron chi connectivity index (χ3n) is 3.49. The number of rotatable bonds is 0. The maximum absolute atomic E-state index is 3.42. The molecule has 4 aromatic rings. The molecular weight excluding hydrogens is 216 g/mol. The van der Waals surface area contributed by atoms with Crippen molar-refractivity contribution in [3.8, 4) is 0 Å². The van der Waals surface area contributed by atoms with Gasteiger partial charge in [-0.2, -0.15) is 0 Å². The van der Waals surface area contributed by atoms with Gasteiger partial charge in [0.15, 0.2) is 0 Å². The second-order valence-corrected chi connectivity index (χ2v) is 4.51. The quantitative estimate of drug-likeness (QED) is 0.380. The van der Waals surface area contributed by atoms with E-state index in [2.05, 4.69) is 66.7 Å². The van der Waals surface area contributed by atoms with Crippen LogP contribution in [0.4, 0.5) is 0 Å². The molecule has 0 saturated heterocycles. The molecule has 0 aliphatic carbocycles. The SMILES string of the molecule is [c]1ccc2c[c]c3c4ccccc4ccc3c2c1. The van der Waals surface area contributed by atoms with Crippen molar-refractivity contribution in [1.29, 1.82) is 0 Å². The monoisotopic (exact) mass is 226 g/mol. The fourth-order valence-electron chi connectivity index (χ4n) is 2.60. The van der Waals surface area contributed by atoms with E-state index >= 15 is 0 Å². The number of hydrogen-bond donors (Lipinski definition) is 0. The molecule has 4 aromatic carbocycles. The summed E-state index contributed by atoms with van der Waals surface area (Å²) < 4.78 is 0. The highest BCUT2D eigenvalue weighted by Gasteiger charge is 2.03. The molecule has 0 amide bonds. The third kappa shape index (κ3) is 1.26. The van der Waals surface area contributed by atoms with E-state index in [0.717, 1.165) is 0 Å². The summed E-state index contributed by atoms with van der Waals surface area (Å²) in [4.78, 5) is 0. The van der Waals surface area contributed by atoms with Crippen LogP contribution in [0.3, 0.4) is 0 Å². The summed E-state index contributed by atoms with van der Waals surface area (Å²) in [6, 6.07) is 27.6. The van der Waals surface area contributed by atoms with E-state index in [4.69, 9.17) is 0 Å². The minimum Gasteiger partial charge on any atom is -0.0616 e. The Hall–Kier alpha value is -2.34. The van der Waals surface area contributed by atoms with E-state index in [-0.39, 0.29) is 0 Å². The van der Waals surface area contributed by atoms with Gasteiger partial charge in [-0.15, -0.1) is 0 Å². The molecule has 0 bridgehead atoms. The molecule has 0 nitrogen and oxygen atoms in total. The second-order valence-electron chi connectivity index (χ2n) is 4.51. The topological polar surface area (TPSA) is 0 Å². The van der Waals surface area contributed by atoms with Gasteiger partial charge in [-0.1, -0.05) is 48.5 Å². The average molecular weight is 226 g/mol. The fraction of sp³-hybridized carbons (Fsp3) is 0. The first kappa shape index (κ1) is 9.67. The number of benzene rings is 4.